The van der Waals surface area contributed by atoms with E-state index in [4.69, 9.17) is 5.26 Å². The molecule has 3 heteroatoms. The van der Waals surface area contributed by atoms with Crippen LogP contribution in [0.1, 0.15) is 17.3 Å². The molecule has 2 aromatic rings. The van der Waals surface area contributed by atoms with E-state index in [0.717, 1.165) is 18.7 Å². The fourth-order valence-corrected chi connectivity index (χ4v) is 1.77. The Morgan fingerprint density at radius 2 is 1.89 bits per heavy atom. The summed E-state index contributed by atoms with van der Waals surface area (Å²) in [5.41, 5.74) is 2.04. The molecule has 1 heterocycles. The van der Waals surface area contributed by atoms with Crippen LogP contribution in [0.2, 0.25) is 0 Å². The molecule has 2 rings (SSSR count). The molecule has 1 aromatic carbocycles. The van der Waals surface area contributed by atoms with Crippen LogP contribution >= 0.6 is 0 Å². The van der Waals surface area contributed by atoms with E-state index in [9.17, 15) is 0 Å². The van der Waals surface area contributed by atoms with E-state index in [1.807, 2.05) is 36.4 Å². The number of hydrogen-bond donors (Lipinski definition) is 1. The first-order valence-electron chi connectivity index (χ1n) is 5.98. The zero-order valence-electron chi connectivity index (χ0n) is 10.1. The van der Waals surface area contributed by atoms with Gasteiger partial charge in [-0.15, -0.1) is 0 Å². The van der Waals surface area contributed by atoms with Gasteiger partial charge in [0.15, 0.2) is 0 Å². The summed E-state index contributed by atoms with van der Waals surface area (Å²) >= 11 is 0. The van der Waals surface area contributed by atoms with Crippen LogP contribution in [-0.4, -0.2) is 11.5 Å². The standard InChI is InChI=1S/C15H15N3/c16-12-15(14-8-4-5-10-17-14)18-11-9-13-6-2-1-3-7-13/h1-8,10,15,18H,9,11H2. The Kier molecular flexibility index (Phi) is 4.46. The van der Waals surface area contributed by atoms with Crippen molar-refractivity contribution < 1.29 is 0 Å². The molecule has 0 aliphatic heterocycles. The molecule has 1 N–H and O–H groups in total. The third-order valence-electron chi connectivity index (χ3n) is 2.72. The lowest BCUT2D eigenvalue weighted by atomic mass is 10.1. The second-order valence-electron chi connectivity index (χ2n) is 4.01. The van der Waals surface area contributed by atoms with Gasteiger partial charge in [-0.25, -0.2) is 0 Å². The molecule has 1 unspecified atom stereocenters. The summed E-state index contributed by atoms with van der Waals surface area (Å²) in [5.74, 6) is 0. The summed E-state index contributed by atoms with van der Waals surface area (Å²) in [7, 11) is 0. The second kappa shape index (κ2) is 6.53. The Labute approximate surface area is 107 Å². The van der Waals surface area contributed by atoms with Crippen molar-refractivity contribution >= 4 is 0 Å². The van der Waals surface area contributed by atoms with Gasteiger partial charge in [0.05, 0.1) is 11.8 Å². The fourth-order valence-electron chi connectivity index (χ4n) is 1.77. The summed E-state index contributed by atoms with van der Waals surface area (Å²) in [4.78, 5) is 4.19. The Bertz CT molecular complexity index is 502. The molecule has 90 valence electrons. The lowest BCUT2D eigenvalue weighted by molar-refractivity contribution is 0.617. The zero-order chi connectivity index (χ0) is 12.6. The fraction of sp³-hybridized carbons (Fsp3) is 0.200. The Morgan fingerprint density at radius 3 is 2.56 bits per heavy atom. The number of nitriles is 1. The minimum atomic E-state index is -0.338. The number of aromatic nitrogens is 1. The van der Waals surface area contributed by atoms with Crippen LogP contribution < -0.4 is 5.32 Å². The number of nitrogens with zero attached hydrogens (tertiary/aromatic N) is 2. The van der Waals surface area contributed by atoms with E-state index >= 15 is 0 Å². The van der Waals surface area contributed by atoms with Crippen molar-refractivity contribution in [3.05, 3.63) is 66.0 Å². The van der Waals surface area contributed by atoms with Crippen LogP contribution in [0.4, 0.5) is 0 Å². The third kappa shape index (κ3) is 3.41. The van der Waals surface area contributed by atoms with Crippen LogP contribution in [0.25, 0.3) is 0 Å². The molecule has 0 amide bonds. The lowest BCUT2D eigenvalue weighted by Crippen LogP contribution is -2.23. The van der Waals surface area contributed by atoms with Gasteiger partial charge in [0.2, 0.25) is 0 Å². The van der Waals surface area contributed by atoms with E-state index < -0.39 is 0 Å². The second-order valence-corrected chi connectivity index (χ2v) is 4.01. The number of rotatable bonds is 5. The Morgan fingerprint density at radius 1 is 1.11 bits per heavy atom. The molecule has 0 fully saturated rings. The highest BCUT2D eigenvalue weighted by Gasteiger charge is 2.09. The smallest absolute Gasteiger partial charge is 0.138 e. The highest BCUT2D eigenvalue weighted by Crippen LogP contribution is 2.08. The summed E-state index contributed by atoms with van der Waals surface area (Å²) < 4.78 is 0. The van der Waals surface area contributed by atoms with E-state index in [1.54, 1.807) is 6.20 Å². The van der Waals surface area contributed by atoms with Gasteiger partial charge in [0.1, 0.15) is 6.04 Å². The summed E-state index contributed by atoms with van der Waals surface area (Å²) in [6.45, 7) is 0.763. The topological polar surface area (TPSA) is 48.7 Å². The SMILES string of the molecule is N#CC(NCCc1ccccc1)c1ccccn1. The first kappa shape index (κ1) is 12.3. The quantitative estimate of drug-likeness (QED) is 0.869. The zero-order valence-corrected chi connectivity index (χ0v) is 10.1. The van der Waals surface area contributed by atoms with Crippen molar-refractivity contribution in [1.29, 1.82) is 5.26 Å². The van der Waals surface area contributed by atoms with Crippen molar-refractivity contribution in [2.75, 3.05) is 6.54 Å². The van der Waals surface area contributed by atoms with Crippen molar-refractivity contribution in [2.24, 2.45) is 0 Å². The van der Waals surface area contributed by atoms with Gasteiger partial charge in [-0.05, 0) is 24.1 Å². The van der Waals surface area contributed by atoms with Gasteiger partial charge in [-0.1, -0.05) is 36.4 Å². The van der Waals surface area contributed by atoms with Crippen molar-refractivity contribution in [2.45, 2.75) is 12.5 Å². The summed E-state index contributed by atoms with van der Waals surface area (Å²) in [6.07, 6.45) is 2.62. The number of nitrogens with one attached hydrogen (secondary N) is 1. The van der Waals surface area contributed by atoms with Crippen molar-refractivity contribution in [3.63, 3.8) is 0 Å². The predicted octanol–water partition coefficient (Wildman–Crippen LogP) is 2.48. The summed E-state index contributed by atoms with van der Waals surface area (Å²) in [6, 6.07) is 17.7. The maximum Gasteiger partial charge on any atom is 0.138 e. The van der Waals surface area contributed by atoms with Crippen LogP contribution in [-0.2, 0) is 6.42 Å². The molecular formula is C15H15N3. The van der Waals surface area contributed by atoms with Gasteiger partial charge >= 0.3 is 0 Å². The lowest BCUT2D eigenvalue weighted by Gasteiger charge is -2.10. The molecule has 1 aromatic heterocycles. The highest BCUT2D eigenvalue weighted by atomic mass is 14.9. The molecule has 3 nitrogen and oxygen atoms in total. The van der Waals surface area contributed by atoms with E-state index in [0.29, 0.717) is 0 Å². The molecule has 18 heavy (non-hydrogen) atoms. The van der Waals surface area contributed by atoms with Crippen molar-refractivity contribution in [3.8, 4) is 6.07 Å². The average molecular weight is 237 g/mol. The molecule has 0 saturated heterocycles. The Hall–Kier alpha value is -2.18. The molecule has 0 aliphatic carbocycles. The first-order chi connectivity index (χ1) is 8.90. The van der Waals surface area contributed by atoms with Crippen LogP contribution in [0, 0.1) is 11.3 Å². The maximum absolute atomic E-state index is 9.12. The average Bonchev–Trinajstić information content (AvgIpc) is 2.46. The van der Waals surface area contributed by atoms with Crippen LogP contribution in [0.5, 0.6) is 0 Å². The maximum atomic E-state index is 9.12. The van der Waals surface area contributed by atoms with Crippen LogP contribution in [0.3, 0.4) is 0 Å². The third-order valence-corrected chi connectivity index (χ3v) is 2.72. The number of hydrogen-bond acceptors (Lipinski definition) is 3. The largest absolute Gasteiger partial charge is 0.297 e. The first-order valence-corrected chi connectivity index (χ1v) is 5.98. The van der Waals surface area contributed by atoms with Gasteiger partial charge < -0.3 is 0 Å². The highest BCUT2D eigenvalue weighted by molar-refractivity contribution is 5.17. The molecule has 0 aliphatic rings. The monoisotopic (exact) mass is 237 g/mol. The van der Waals surface area contributed by atoms with Gasteiger partial charge in [-0.2, -0.15) is 5.26 Å². The van der Waals surface area contributed by atoms with Gasteiger partial charge in [0, 0.05) is 12.7 Å². The van der Waals surface area contributed by atoms with E-state index in [1.165, 1.54) is 5.56 Å². The molecule has 0 bridgehead atoms. The van der Waals surface area contributed by atoms with Gasteiger partial charge in [-0.3, -0.25) is 10.3 Å². The summed E-state index contributed by atoms with van der Waals surface area (Å²) in [5, 5.41) is 12.3. The van der Waals surface area contributed by atoms with Gasteiger partial charge in [0.25, 0.3) is 0 Å². The predicted molar refractivity (Wildman–Crippen MR) is 70.7 cm³/mol. The number of pyridine rings is 1. The molecular weight excluding hydrogens is 222 g/mol. The Balaban J connectivity index is 1.88. The van der Waals surface area contributed by atoms with Crippen LogP contribution in [0.15, 0.2) is 54.7 Å². The van der Waals surface area contributed by atoms with Crippen molar-refractivity contribution in [1.82, 2.24) is 10.3 Å². The molecule has 0 saturated carbocycles. The van der Waals surface area contributed by atoms with E-state index in [2.05, 4.69) is 28.5 Å². The molecule has 1 atom stereocenters. The molecule has 0 spiro atoms. The molecule has 0 radical (unpaired) electrons. The van der Waals surface area contributed by atoms with E-state index in [-0.39, 0.29) is 6.04 Å². The minimum absolute atomic E-state index is 0.338. The number of benzene rings is 1. The normalized spacial score (nSPS) is 11.7. The minimum Gasteiger partial charge on any atom is -0.297 e.